The second-order valence-electron chi connectivity index (χ2n) is 4.31. The van der Waals surface area contributed by atoms with Gasteiger partial charge in [-0.3, -0.25) is 4.57 Å². The Kier molecular flexibility index (Phi) is 2.33. The van der Waals surface area contributed by atoms with Crippen molar-refractivity contribution in [2.75, 3.05) is 5.73 Å². The molecule has 0 saturated heterocycles. The van der Waals surface area contributed by atoms with Crippen LogP contribution in [-0.4, -0.2) is 14.5 Å². The van der Waals surface area contributed by atoms with Crippen LogP contribution in [0.15, 0.2) is 34.9 Å². The Morgan fingerprint density at radius 1 is 1.33 bits per heavy atom. The van der Waals surface area contributed by atoms with Crippen molar-refractivity contribution in [2.45, 2.75) is 19.9 Å². The van der Waals surface area contributed by atoms with Gasteiger partial charge in [0.25, 0.3) is 0 Å². The Hall–Kier alpha value is -2.30. The van der Waals surface area contributed by atoms with Gasteiger partial charge in [0.1, 0.15) is 17.0 Å². The van der Waals surface area contributed by atoms with Crippen LogP contribution < -0.4 is 5.73 Å². The fraction of sp³-hybridized carbons (Fsp3) is 0.231. The van der Waals surface area contributed by atoms with E-state index in [9.17, 15) is 0 Å². The van der Waals surface area contributed by atoms with E-state index in [0.717, 1.165) is 22.7 Å². The second-order valence-corrected chi connectivity index (χ2v) is 4.31. The highest BCUT2D eigenvalue weighted by Gasteiger charge is 2.18. The van der Waals surface area contributed by atoms with Crippen molar-refractivity contribution in [2.24, 2.45) is 0 Å². The van der Waals surface area contributed by atoms with Gasteiger partial charge >= 0.3 is 0 Å². The molecule has 3 rings (SSSR count). The van der Waals surface area contributed by atoms with Gasteiger partial charge in [-0.25, -0.2) is 9.97 Å². The highest BCUT2D eigenvalue weighted by Crippen LogP contribution is 2.26. The molecule has 0 saturated carbocycles. The van der Waals surface area contributed by atoms with Crippen molar-refractivity contribution < 1.29 is 4.42 Å². The molecule has 0 amide bonds. The van der Waals surface area contributed by atoms with E-state index in [2.05, 4.69) is 9.97 Å². The molecule has 3 aromatic rings. The smallest absolute Gasteiger partial charge is 0.203 e. The Morgan fingerprint density at radius 2 is 2.17 bits per heavy atom. The van der Waals surface area contributed by atoms with Gasteiger partial charge in [-0.1, -0.05) is 0 Å². The van der Waals surface area contributed by atoms with Crippen molar-refractivity contribution in [1.29, 1.82) is 0 Å². The summed E-state index contributed by atoms with van der Waals surface area (Å²) in [6.07, 6.45) is 1.74. The van der Waals surface area contributed by atoms with Crippen LogP contribution in [0.2, 0.25) is 0 Å². The minimum Gasteiger partial charge on any atom is -0.464 e. The van der Waals surface area contributed by atoms with Crippen molar-refractivity contribution >= 4 is 17.1 Å². The molecule has 0 aliphatic rings. The van der Waals surface area contributed by atoms with E-state index in [4.69, 9.17) is 10.2 Å². The second kappa shape index (κ2) is 3.87. The van der Waals surface area contributed by atoms with Crippen LogP contribution in [0.1, 0.15) is 24.5 Å². The highest BCUT2D eigenvalue weighted by atomic mass is 16.3. The average Bonchev–Trinajstić information content (AvgIpc) is 2.91. The summed E-state index contributed by atoms with van der Waals surface area (Å²) in [4.78, 5) is 8.64. The lowest BCUT2D eigenvalue weighted by molar-refractivity contribution is 0.434. The van der Waals surface area contributed by atoms with Gasteiger partial charge < -0.3 is 10.2 Å². The molecule has 0 spiro atoms. The zero-order valence-electron chi connectivity index (χ0n) is 10.3. The largest absolute Gasteiger partial charge is 0.464 e. The third kappa shape index (κ3) is 1.55. The summed E-state index contributed by atoms with van der Waals surface area (Å²) in [5.74, 6) is 2.18. The molecular formula is C13H14N4O. The van der Waals surface area contributed by atoms with E-state index in [1.54, 1.807) is 6.20 Å². The van der Waals surface area contributed by atoms with Crippen LogP contribution in [0.3, 0.4) is 0 Å². The summed E-state index contributed by atoms with van der Waals surface area (Å²) < 4.78 is 7.52. The number of aryl methyl sites for hydroxylation is 1. The third-order valence-electron chi connectivity index (χ3n) is 3.04. The van der Waals surface area contributed by atoms with Crippen molar-refractivity contribution in [3.05, 3.63) is 42.0 Å². The number of nitrogen functional groups attached to an aromatic ring is 1. The van der Waals surface area contributed by atoms with Gasteiger partial charge in [0.15, 0.2) is 5.65 Å². The number of hydrogen-bond acceptors (Lipinski definition) is 4. The van der Waals surface area contributed by atoms with E-state index in [1.807, 2.05) is 42.7 Å². The first kappa shape index (κ1) is 10.8. The zero-order valence-corrected chi connectivity index (χ0v) is 10.3. The van der Waals surface area contributed by atoms with E-state index in [1.165, 1.54) is 0 Å². The number of nitrogens with zero attached hydrogens (tertiary/aromatic N) is 3. The first-order valence-corrected chi connectivity index (χ1v) is 5.81. The lowest BCUT2D eigenvalue weighted by atomic mass is 10.2. The van der Waals surface area contributed by atoms with Crippen LogP contribution in [0, 0.1) is 6.92 Å². The summed E-state index contributed by atoms with van der Waals surface area (Å²) in [7, 11) is 0. The van der Waals surface area contributed by atoms with Crippen molar-refractivity contribution in [3.8, 4) is 0 Å². The monoisotopic (exact) mass is 242 g/mol. The number of pyridine rings is 1. The number of rotatable bonds is 2. The Morgan fingerprint density at radius 3 is 2.89 bits per heavy atom. The number of furan rings is 1. The maximum atomic E-state index is 5.97. The fourth-order valence-electron chi connectivity index (χ4n) is 2.13. The lowest BCUT2D eigenvalue weighted by Gasteiger charge is -2.12. The molecule has 0 bridgehead atoms. The predicted molar refractivity (Wildman–Crippen MR) is 69.2 cm³/mol. The van der Waals surface area contributed by atoms with Crippen LogP contribution in [-0.2, 0) is 0 Å². The molecular weight excluding hydrogens is 228 g/mol. The molecule has 0 radical (unpaired) electrons. The van der Waals surface area contributed by atoms with Gasteiger partial charge in [-0.15, -0.1) is 0 Å². The Balaban J connectivity index is 2.16. The van der Waals surface area contributed by atoms with Crippen LogP contribution >= 0.6 is 0 Å². The summed E-state index contributed by atoms with van der Waals surface area (Å²) in [5.41, 5.74) is 7.54. The Bertz CT molecular complexity index is 698. The molecule has 0 aliphatic heterocycles. The molecule has 0 fully saturated rings. The first-order valence-electron chi connectivity index (χ1n) is 5.81. The summed E-state index contributed by atoms with van der Waals surface area (Å²) in [5, 5.41) is 0. The molecule has 18 heavy (non-hydrogen) atoms. The maximum absolute atomic E-state index is 5.97. The standard InChI is InChI=1S/C13H14N4O/c1-8-5-6-11(18-8)9(2)17-12-10(16-13(17)14)4-3-7-15-12/h3-7,9H,1-2H3,(H2,14,16). The molecule has 2 N–H and O–H groups in total. The van der Waals surface area contributed by atoms with Crippen LogP contribution in [0.4, 0.5) is 5.95 Å². The SMILES string of the molecule is Cc1ccc(C(C)n2c(N)nc3cccnc32)o1. The van der Waals surface area contributed by atoms with Crippen molar-refractivity contribution in [3.63, 3.8) is 0 Å². The first-order chi connectivity index (χ1) is 8.66. The zero-order chi connectivity index (χ0) is 12.7. The van der Waals surface area contributed by atoms with Gasteiger partial charge in [0.05, 0.1) is 6.04 Å². The number of aromatic nitrogens is 3. The molecule has 5 nitrogen and oxygen atoms in total. The number of anilines is 1. The van der Waals surface area contributed by atoms with E-state index >= 15 is 0 Å². The Labute approximate surface area is 104 Å². The number of imidazole rings is 1. The average molecular weight is 242 g/mol. The predicted octanol–water partition coefficient (Wildman–Crippen LogP) is 2.52. The molecule has 5 heteroatoms. The van der Waals surface area contributed by atoms with E-state index < -0.39 is 0 Å². The quantitative estimate of drug-likeness (QED) is 0.749. The molecule has 1 unspecified atom stereocenters. The van der Waals surface area contributed by atoms with E-state index in [-0.39, 0.29) is 6.04 Å². The van der Waals surface area contributed by atoms with E-state index in [0.29, 0.717) is 5.95 Å². The molecule has 3 aromatic heterocycles. The van der Waals surface area contributed by atoms with Crippen molar-refractivity contribution in [1.82, 2.24) is 14.5 Å². The normalized spacial score (nSPS) is 13.0. The van der Waals surface area contributed by atoms with Gasteiger partial charge in [0, 0.05) is 6.20 Å². The summed E-state index contributed by atoms with van der Waals surface area (Å²) in [6, 6.07) is 7.61. The highest BCUT2D eigenvalue weighted by molar-refractivity contribution is 5.74. The van der Waals surface area contributed by atoms with Gasteiger partial charge in [-0.05, 0) is 38.1 Å². The maximum Gasteiger partial charge on any atom is 0.203 e. The molecule has 3 heterocycles. The minimum absolute atomic E-state index is 0.0291. The molecule has 92 valence electrons. The third-order valence-corrected chi connectivity index (χ3v) is 3.04. The number of hydrogen-bond donors (Lipinski definition) is 1. The fourth-order valence-corrected chi connectivity index (χ4v) is 2.13. The molecule has 1 atom stereocenters. The number of fused-ring (bicyclic) bond motifs is 1. The molecule has 0 aliphatic carbocycles. The number of nitrogens with two attached hydrogens (primary N) is 1. The van der Waals surface area contributed by atoms with Crippen LogP contribution in [0.5, 0.6) is 0 Å². The topological polar surface area (TPSA) is 69.9 Å². The van der Waals surface area contributed by atoms with Gasteiger partial charge in [0.2, 0.25) is 5.95 Å². The molecule has 0 aromatic carbocycles. The lowest BCUT2D eigenvalue weighted by Crippen LogP contribution is -2.10. The summed E-state index contributed by atoms with van der Waals surface area (Å²) in [6.45, 7) is 3.94. The summed E-state index contributed by atoms with van der Waals surface area (Å²) >= 11 is 0. The van der Waals surface area contributed by atoms with Gasteiger partial charge in [-0.2, -0.15) is 0 Å². The van der Waals surface area contributed by atoms with Crippen LogP contribution in [0.25, 0.3) is 11.2 Å². The minimum atomic E-state index is -0.0291.